The van der Waals surface area contributed by atoms with E-state index in [9.17, 15) is 0 Å². The van der Waals surface area contributed by atoms with Crippen molar-refractivity contribution >= 4 is 0 Å². The van der Waals surface area contributed by atoms with Crippen molar-refractivity contribution in [1.29, 1.82) is 0 Å². The molecule has 3 heteroatoms. The zero-order valence-electron chi connectivity index (χ0n) is 10.00. The quantitative estimate of drug-likeness (QED) is 0.808. The highest BCUT2D eigenvalue weighted by molar-refractivity contribution is 5.17. The first-order valence-electron chi connectivity index (χ1n) is 6.25. The Morgan fingerprint density at radius 2 is 2.19 bits per heavy atom. The summed E-state index contributed by atoms with van der Waals surface area (Å²) < 4.78 is 0. The van der Waals surface area contributed by atoms with Crippen LogP contribution in [0.2, 0.25) is 0 Å². The van der Waals surface area contributed by atoms with E-state index in [1.54, 1.807) is 0 Å². The van der Waals surface area contributed by atoms with Gasteiger partial charge in [0.05, 0.1) is 11.2 Å². The molecule has 0 spiro atoms. The highest BCUT2D eigenvalue weighted by Crippen LogP contribution is 2.28. The topological polar surface area (TPSA) is 37.0 Å². The molecule has 3 nitrogen and oxygen atoms in total. The number of nitrogens with zero attached hydrogens (tertiary/aromatic N) is 1. The third kappa shape index (κ3) is 2.42. The van der Waals surface area contributed by atoms with E-state index >= 15 is 0 Å². The molecule has 1 aliphatic rings. The molecule has 0 bridgehead atoms. The number of hydrogen-bond acceptors (Lipinski definition) is 3. The van der Waals surface area contributed by atoms with Crippen molar-refractivity contribution in [2.45, 2.75) is 31.7 Å². The normalized spacial score (nSPS) is 19.6. The fourth-order valence-electron chi connectivity index (χ4n) is 2.39. The molecular weight excluding hydrogens is 198 g/mol. The molecule has 2 rings (SSSR count). The monoisotopic (exact) mass is 219 g/mol. The summed E-state index contributed by atoms with van der Waals surface area (Å²) in [6.45, 7) is 5.43. The first-order valence-corrected chi connectivity index (χ1v) is 6.25. The second-order valence-corrected chi connectivity index (χ2v) is 4.47. The van der Waals surface area contributed by atoms with E-state index in [-0.39, 0.29) is 5.54 Å². The zero-order chi connectivity index (χ0) is 11.3. The van der Waals surface area contributed by atoms with Gasteiger partial charge < -0.3 is 10.6 Å². The Morgan fingerprint density at radius 3 is 2.81 bits per heavy atom. The summed E-state index contributed by atoms with van der Waals surface area (Å²) in [5.41, 5.74) is 1.30. The molecule has 2 N–H and O–H groups in total. The maximum atomic E-state index is 4.54. The lowest BCUT2D eigenvalue weighted by atomic mass is 9.84. The second kappa shape index (κ2) is 5.41. The van der Waals surface area contributed by atoms with E-state index in [0.29, 0.717) is 0 Å². The van der Waals surface area contributed by atoms with Gasteiger partial charge in [0.2, 0.25) is 0 Å². The van der Waals surface area contributed by atoms with Crippen molar-refractivity contribution < 1.29 is 0 Å². The van der Waals surface area contributed by atoms with Crippen LogP contribution in [0.25, 0.3) is 0 Å². The lowest BCUT2D eigenvalue weighted by molar-refractivity contribution is 0.240. The van der Waals surface area contributed by atoms with Crippen LogP contribution in [0.3, 0.4) is 0 Å². The highest BCUT2D eigenvalue weighted by atomic mass is 15.0. The van der Waals surface area contributed by atoms with Gasteiger partial charge in [0.25, 0.3) is 0 Å². The van der Waals surface area contributed by atoms with Gasteiger partial charge in [0.15, 0.2) is 0 Å². The van der Waals surface area contributed by atoms with Crippen LogP contribution in [-0.4, -0.2) is 24.6 Å². The van der Waals surface area contributed by atoms with Crippen LogP contribution in [0.4, 0.5) is 0 Å². The van der Waals surface area contributed by atoms with Gasteiger partial charge in [0, 0.05) is 6.20 Å². The molecule has 0 unspecified atom stereocenters. The van der Waals surface area contributed by atoms with E-state index in [1.807, 2.05) is 12.3 Å². The largest absolute Gasteiger partial charge is 0.317 e. The van der Waals surface area contributed by atoms with Gasteiger partial charge in [-0.05, 0) is 51.0 Å². The van der Waals surface area contributed by atoms with Crippen molar-refractivity contribution in [3.63, 3.8) is 0 Å². The molecule has 1 aliphatic heterocycles. The first-order chi connectivity index (χ1) is 7.87. The molecule has 88 valence electrons. The number of pyridine rings is 1. The van der Waals surface area contributed by atoms with Crippen molar-refractivity contribution in [3.8, 4) is 0 Å². The highest BCUT2D eigenvalue weighted by Gasteiger charge is 2.33. The minimum atomic E-state index is 0.0997. The Labute approximate surface area is 97.7 Å². The third-order valence-electron chi connectivity index (χ3n) is 3.33. The van der Waals surface area contributed by atoms with E-state index < -0.39 is 0 Å². The van der Waals surface area contributed by atoms with E-state index in [2.05, 4.69) is 34.7 Å². The third-order valence-corrected chi connectivity index (χ3v) is 3.33. The molecule has 1 aromatic heterocycles. The zero-order valence-corrected chi connectivity index (χ0v) is 10.00. The molecule has 0 atom stereocenters. The minimum Gasteiger partial charge on any atom is -0.317 e. The van der Waals surface area contributed by atoms with Crippen LogP contribution in [0, 0.1) is 0 Å². The van der Waals surface area contributed by atoms with Crippen LogP contribution >= 0.6 is 0 Å². The lowest BCUT2D eigenvalue weighted by Crippen LogP contribution is -2.50. The molecule has 1 aromatic rings. The standard InChI is InChI=1S/C13H21N3/c1-2-8-16-13(6-10-14-11-7-13)12-5-3-4-9-15-12/h3-5,9,14,16H,2,6-8,10-11H2,1H3. The predicted octanol–water partition coefficient (Wildman–Crippen LogP) is 1.66. The van der Waals surface area contributed by atoms with Crippen LogP contribution in [-0.2, 0) is 5.54 Å². The van der Waals surface area contributed by atoms with Crippen LogP contribution in [0.1, 0.15) is 31.9 Å². The Hall–Kier alpha value is -0.930. The molecule has 0 saturated carbocycles. The summed E-state index contributed by atoms with van der Waals surface area (Å²) in [7, 11) is 0. The van der Waals surface area contributed by atoms with Crippen LogP contribution in [0.15, 0.2) is 24.4 Å². The first kappa shape index (κ1) is 11.6. The Bertz CT molecular complexity index is 304. The number of rotatable bonds is 4. The van der Waals surface area contributed by atoms with Gasteiger partial charge in [0.1, 0.15) is 0 Å². The average molecular weight is 219 g/mol. The van der Waals surface area contributed by atoms with Gasteiger partial charge in [-0.3, -0.25) is 4.98 Å². The predicted molar refractivity (Wildman–Crippen MR) is 66.3 cm³/mol. The van der Waals surface area contributed by atoms with Crippen molar-refractivity contribution in [2.24, 2.45) is 0 Å². The number of piperidine rings is 1. The summed E-state index contributed by atoms with van der Waals surface area (Å²) in [5, 5.41) is 7.12. The molecular formula is C13H21N3. The second-order valence-electron chi connectivity index (χ2n) is 4.47. The Morgan fingerprint density at radius 1 is 1.38 bits per heavy atom. The molecule has 0 amide bonds. The van der Waals surface area contributed by atoms with Crippen LogP contribution in [0.5, 0.6) is 0 Å². The van der Waals surface area contributed by atoms with Gasteiger partial charge in [-0.2, -0.15) is 0 Å². The molecule has 2 heterocycles. The van der Waals surface area contributed by atoms with E-state index in [0.717, 1.165) is 32.5 Å². The minimum absolute atomic E-state index is 0.0997. The van der Waals surface area contributed by atoms with Gasteiger partial charge in [-0.15, -0.1) is 0 Å². The summed E-state index contributed by atoms with van der Waals surface area (Å²) >= 11 is 0. The van der Waals surface area contributed by atoms with Crippen molar-refractivity contribution in [1.82, 2.24) is 15.6 Å². The summed E-state index contributed by atoms with van der Waals surface area (Å²) in [4.78, 5) is 4.54. The smallest absolute Gasteiger partial charge is 0.0633 e. The summed E-state index contributed by atoms with van der Waals surface area (Å²) in [6.07, 6.45) is 5.32. The van der Waals surface area contributed by atoms with Crippen molar-refractivity contribution in [3.05, 3.63) is 30.1 Å². The van der Waals surface area contributed by atoms with E-state index in [1.165, 1.54) is 12.1 Å². The molecule has 0 aliphatic carbocycles. The maximum absolute atomic E-state index is 4.54. The number of hydrogen-bond donors (Lipinski definition) is 2. The number of aromatic nitrogens is 1. The molecule has 0 aromatic carbocycles. The number of nitrogens with one attached hydrogen (secondary N) is 2. The molecule has 1 saturated heterocycles. The SMILES string of the molecule is CCCNC1(c2ccccn2)CCNCC1. The molecule has 1 fully saturated rings. The van der Waals surface area contributed by atoms with E-state index in [4.69, 9.17) is 0 Å². The van der Waals surface area contributed by atoms with Gasteiger partial charge in [-0.25, -0.2) is 0 Å². The average Bonchev–Trinajstić information content (AvgIpc) is 2.38. The molecule has 0 radical (unpaired) electrons. The Kier molecular flexibility index (Phi) is 3.91. The summed E-state index contributed by atoms with van der Waals surface area (Å²) in [5.74, 6) is 0. The fraction of sp³-hybridized carbons (Fsp3) is 0.615. The lowest BCUT2D eigenvalue weighted by Gasteiger charge is -2.38. The molecule has 16 heavy (non-hydrogen) atoms. The summed E-state index contributed by atoms with van der Waals surface area (Å²) in [6, 6.07) is 6.21. The van der Waals surface area contributed by atoms with Gasteiger partial charge >= 0.3 is 0 Å². The Balaban J connectivity index is 2.19. The van der Waals surface area contributed by atoms with Crippen molar-refractivity contribution in [2.75, 3.05) is 19.6 Å². The fourth-order valence-corrected chi connectivity index (χ4v) is 2.39. The van der Waals surface area contributed by atoms with Gasteiger partial charge in [-0.1, -0.05) is 13.0 Å². The maximum Gasteiger partial charge on any atom is 0.0633 e. The van der Waals surface area contributed by atoms with Crippen LogP contribution < -0.4 is 10.6 Å².